The summed E-state index contributed by atoms with van der Waals surface area (Å²) in [7, 11) is 0. The normalized spacial score (nSPS) is 11.1. The predicted molar refractivity (Wildman–Crippen MR) is 391 cm³/mol. The number of hydrogen-bond donors (Lipinski definition) is 1. The second-order valence-electron chi connectivity index (χ2n) is 26.5. The highest BCUT2D eigenvalue weighted by Crippen LogP contribution is 2.36. The molecule has 4 aromatic carbocycles. The quantitative estimate of drug-likeness (QED) is 0.0261. The Morgan fingerprint density at radius 2 is 0.505 bits per heavy atom. The topological polar surface area (TPSA) is 125 Å². The summed E-state index contributed by atoms with van der Waals surface area (Å²) in [5.41, 5.74) is 2.98. The van der Waals surface area contributed by atoms with E-state index in [0.717, 1.165) is 77.0 Å². The van der Waals surface area contributed by atoms with Crippen molar-refractivity contribution in [2.75, 3.05) is 26.4 Å². The molecule has 93 heavy (non-hydrogen) atoms. The number of rotatable bonds is 58. The SMILES string of the molecule is CCCCCCCCCCCCCCOC(=O)c1ccc(-c2ccc(C(=O)OCCCCCCCCCCCCCC)c(O)c2C(=O)OCCCCCCCCCCCCCC)cc1C(=O)OCCCCCCCCCCCCCC.c1ccc(-c2ccccc2)cc1. The average molecular weight is 1290 g/mol. The summed E-state index contributed by atoms with van der Waals surface area (Å²) in [6.07, 6.45) is 57.0. The fraction of sp³-hybridized carbons (Fsp3) is 0.667. The largest absolute Gasteiger partial charge is 0.506 e. The minimum atomic E-state index is -0.775. The van der Waals surface area contributed by atoms with Crippen LogP contribution in [0.25, 0.3) is 22.3 Å². The highest BCUT2D eigenvalue weighted by molar-refractivity contribution is 6.07. The van der Waals surface area contributed by atoms with Gasteiger partial charge in [-0.2, -0.15) is 0 Å². The monoisotopic (exact) mass is 1280 g/mol. The molecule has 0 aliphatic carbocycles. The van der Waals surface area contributed by atoms with Gasteiger partial charge in [0.1, 0.15) is 16.9 Å². The van der Waals surface area contributed by atoms with Gasteiger partial charge in [0.25, 0.3) is 0 Å². The minimum absolute atomic E-state index is 0.0207. The van der Waals surface area contributed by atoms with Crippen molar-refractivity contribution in [2.45, 2.75) is 336 Å². The van der Waals surface area contributed by atoms with Crippen LogP contribution in [0.3, 0.4) is 0 Å². The maximum absolute atomic E-state index is 14.2. The Morgan fingerprint density at radius 3 is 0.806 bits per heavy atom. The first-order valence-corrected chi connectivity index (χ1v) is 38.6. The molecular weight excluding hydrogens is 1150 g/mol. The van der Waals surface area contributed by atoms with Crippen LogP contribution in [0.4, 0.5) is 0 Å². The summed E-state index contributed by atoms with van der Waals surface area (Å²) in [5.74, 6) is -3.30. The number of phenols is 1. The fourth-order valence-electron chi connectivity index (χ4n) is 12.3. The molecule has 0 unspecified atom stereocenters. The Kier molecular flexibility index (Phi) is 51.0. The molecular formula is C84H132O9. The lowest BCUT2D eigenvalue weighted by molar-refractivity contribution is 0.0450. The van der Waals surface area contributed by atoms with E-state index in [2.05, 4.69) is 76.2 Å². The number of carbonyl (C=O) groups excluding carboxylic acids is 4. The predicted octanol–water partition coefficient (Wildman–Crippen LogP) is 25.8. The van der Waals surface area contributed by atoms with Crippen LogP contribution in [0.1, 0.15) is 377 Å². The van der Waals surface area contributed by atoms with E-state index in [-0.39, 0.29) is 54.2 Å². The van der Waals surface area contributed by atoms with Crippen molar-refractivity contribution >= 4 is 23.9 Å². The van der Waals surface area contributed by atoms with Gasteiger partial charge in [0.2, 0.25) is 0 Å². The molecule has 0 fully saturated rings. The number of unbranched alkanes of at least 4 members (excludes halogenated alkanes) is 44. The summed E-state index contributed by atoms with van der Waals surface area (Å²) >= 11 is 0. The zero-order valence-electron chi connectivity index (χ0n) is 59.6. The van der Waals surface area contributed by atoms with Gasteiger partial charge in [0.05, 0.1) is 37.6 Å². The van der Waals surface area contributed by atoms with E-state index in [9.17, 15) is 24.3 Å². The minimum Gasteiger partial charge on any atom is -0.506 e. The zero-order valence-corrected chi connectivity index (χ0v) is 59.6. The van der Waals surface area contributed by atoms with Crippen molar-refractivity contribution in [2.24, 2.45) is 0 Å². The average Bonchev–Trinajstić information content (AvgIpc) is 0.794. The Bertz CT molecular complexity index is 2410. The van der Waals surface area contributed by atoms with Crippen molar-refractivity contribution < 1.29 is 43.2 Å². The molecule has 0 heterocycles. The first kappa shape index (κ1) is 81.8. The van der Waals surface area contributed by atoms with Crippen molar-refractivity contribution in [3.05, 3.63) is 113 Å². The molecule has 0 aliphatic rings. The second kappa shape index (κ2) is 58.0. The molecule has 522 valence electrons. The number of ether oxygens (including phenoxy) is 4. The van der Waals surface area contributed by atoms with E-state index >= 15 is 0 Å². The smallest absolute Gasteiger partial charge is 0.342 e. The number of phenolic OH excluding ortho intramolecular Hbond substituents is 1. The van der Waals surface area contributed by atoms with Gasteiger partial charge >= 0.3 is 23.9 Å². The molecule has 9 heteroatoms. The highest BCUT2D eigenvalue weighted by atomic mass is 16.5. The van der Waals surface area contributed by atoms with Crippen LogP contribution in [0.5, 0.6) is 5.75 Å². The standard InChI is InChI=1S/C72H122O9.C12H10/c1-5-9-13-17-21-25-29-33-37-41-45-49-57-78-69(74)64-54-53-62(61-66(64)71(76)80-59-51-47-43-39-35-31-27-23-19-15-11-7-3)63-55-56-65(70(75)79-58-50-46-42-38-34-30-26-22-18-14-10-6-2)68(73)67(63)72(77)81-60-52-48-44-40-36-32-28-24-20-16-12-8-4;1-3-7-11(8-4-1)12-9-5-2-6-10-12/h53-56,61,73H,5-52,57-60H2,1-4H3;1-10H. The van der Waals surface area contributed by atoms with Crippen LogP contribution < -0.4 is 0 Å². The Balaban J connectivity index is 0.00000166. The summed E-state index contributed by atoms with van der Waals surface area (Å²) in [5, 5.41) is 11.9. The first-order valence-electron chi connectivity index (χ1n) is 38.6. The third kappa shape index (κ3) is 39.9. The first-order chi connectivity index (χ1) is 45.8. The molecule has 0 atom stereocenters. The lowest BCUT2D eigenvalue weighted by atomic mass is 9.93. The maximum atomic E-state index is 14.2. The lowest BCUT2D eigenvalue weighted by Crippen LogP contribution is -2.16. The van der Waals surface area contributed by atoms with E-state index < -0.39 is 29.6 Å². The fourth-order valence-corrected chi connectivity index (χ4v) is 12.3. The molecule has 0 bridgehead atoms. The lowest BCUT2D eigenvalue weighted by Gasteiger charge is -2.16. The molecule has 4 aromatic rings. The van der Waals surface area contributed by atoms with Gasteiger partial charge in [-0.3, -0.25) is 0 Å². The van der Waals surface area contributed by atoms with Crippen LogP contribution in [0.15, 0.2) is 91.0 Å². The van der Waals surface area contributed by atoms with Crippen LogP contribution >= 0.6 is 0 Å². The Hall–Kier alpha value is -5.44. The molecule has 9 nitrogen and oxygen atoms in total. The van der Waals surface area contributed by atoms with E-state index in [4.69, 9.17) is 18.9 Å². The number of carbonyl (C=O) groups is 4. The van der Waals surface area contributed by atoms with Crippen LogP contribution in [-0.4, -0.2) is 55.4 Å². The summed E-state index contributed by atoms with van der Waals surface area (Å²) in [4.78, 5) is 55.6. The van der Waals surface area contributed by atoms with Crippen molar-refractivity contribution in [3.63, 3.8) is 0 Å². The van der Waals surface area contributed by atoms with Gasteiger partial charge in [-0.25, -0.2) is 19.2 Å². The van der Waals surface area contributed by atoms with Crippen LogP contribution in [-0.2, 0) is 18.9 Å². The molecule has 0 saturated carbocycles. The van der Waals surface area contributed by atoms with Crippen molar-refractivity contribution in [1.82, 2.24) is 0 Å². The molecule has 0 spiro atoms. The second-order valence-corrected chi connectivity index (χ2v) is 26.5. The molecule has 0 aromatic heterocycles. The van der Waals surface area contributed by atoms with Gasteiger partial charge in [-0.15, -0.1) is 0 Å². The Labute approximate surface area is 567 Å². The zero-order chi connectivity index (χ0) is 66.7. The molecule has 0 radical (unpaired) electrons. The number of hydrogen-bond acceptors (Lipinski definition) is 9. The molecule has 0 amide bonds. The van der Waals surface area contributed by atoms with Crippen molar-refractivity contribution in [3.8, 4) is 28.0 Å². The van der Waals surface area contributed by atoms with E-state index in [0.29, 0.717) is 24.8 Å². The van der Waals surface area contributed by atoms with Crippen LogP contribution in [0.2, 0.25) is 0 Å². The highest BCUT2D eigenvalue weighted by Gasteiger charge is 2.28. The molecule has 0 saturated heterocycles. The third-order valence-corrected chi connectivity index (χ3v) is 18.2. The summed E-state index contributed by atoms with van der Waals surface area (Å²) in [6.45, 7) is 9.81. The molecule has 0 aliphatic heterocycles. The maximum Gasteiger partial charge on any atom is 0.342 e. The number of esters is 4. The van der Waals surface area contributed by atoms with E-state index in [1.165, 1.54) is 241 Å². The number of benzene rings is 4. The number of aromatic hydroxyl groups is 1. The van der Waals surface area contributed by atoms with E-state index in [1.807, 2.05) is 12.1 Å². The third-order valence-electron chi connectivity index (χ3n) is 18.2. The van der Waals surface area contributed by atoms with Gasteiger partial charge in [0.15, 0.2) is 0 Å². The van der Waals surface area contributed by atoms with Gasteiger partial charge in [0, 0.05) is 5.56 Å². The molecule has 1 N–H and O–H groups in total. The van der Waals surface area contributed by atoms with E-state index in [1.54, 1.807) is 12.1 Å². The molecule has 4 rings (SSSR count). The summed E-state index contributed by atoms with van der Waals surface area (Å²) in [6, 6.07) is 28.5. The van der Waals surface area contributed by atoms with Gasteiger partial charge in [-0.05, 0) is 60.6 Å². The van der Waals surface area contributed by atoms with Crippen LogP contribution in [0, 0.1) is 0 Å². The van der Waals surface area contributed by atoms with Gasteiger partial charge in [-0.1, -0.05) is 383 Å². The van der Waals surface area contributed by atoms with Gasteiger partial charge < -0.3 is 24.1 Å². The Morgan fingerprint density at radius 1 is 0.258 bits per heavy atom. The van der Waals surface area contributed by atoms with Crippen molar-refractivity contribution in [1.29, 1.82) is 0 Å². The summed E-state index contributed by atoms with van der Waals surface area (Å²) < 4.78 is 23.2.